The van der Waals surface area contributed by atoms with Crippen LogP contribution in [0.1, 0.15) is 49.5 Å². The van der Waals surface area contributed by atoms with E-state index >= 15 is 0 Å². The Morgan fingerprint density at radius 2 is 2.31 bits per heavy atom. The van der Waals surface area contributed by atoms with Crippen LogP contribution in [-0.2, 0) is 22.6 Å². The van der Waals surface area contributed by atoms with Gasteiger partial charge in [-0.1, -0.05) is 13.3 Å². The molecule has 2 N–H and O–H groups in total. The fourth-order valence-corrected chi connectivity index (χ4v) is 4.66. The number of thiophene rings is 1. The molecular formula is C19H30ClN3O2S. The summed E-state index contributed by atoms with van der Waals surface area (Å²) in [6.07, 6.45) is 5.12. The summed E-state index contributed by atoms with van der Waals surface area (Å²) in [7, 11) is 0. The van der Waals surface area contributed by atoms with E-state index in [-0.39, 0.29) is 30.3 Å². The number of nitrogens with zero attached hydrogens (tertiary/aromatic N) is 1. The van der Waals surface area contributed by atoms with E-state index in [4.69, 9.17) is 0 Å². The third kappa shape index (κ3) is 5.44. The molecule has 3 rings (SSSR count). The molecule has 146 valence electrons. The summed E-state index contributed by atoms with van der Waals surface area (Å²) in [4.78, 5) is 28.6. The SMILES string of the molecule is CCCC(NC(=O)CCC1CCNC1)C(=O)N1CCc2sccc2C1.Cl. The Morgan fingerprint density at radius 3 is 3.04 bits per heavy atom. The number of amides is 2. The highest BCUT2D eigenvalue weighted by Crippen LogP contribution is 2.24. The number of halogens is 1. The van der Waals surface area contributed by atoms with Crippen LogP contribution in [0, 0.1) is 5.92 Å². The van der Waals surface area contributed by atoms with Gasteiger partial charge in [-0.15, -0.1) is 23.7 Å². The first-order chi connectivity index (χ1) is 12.2. The van der Waals surface area contributed by atoms with Gasteiger partial charge in [-0.2, -0.15) is 0 Å². The number of nitrogens with one attached hydrogen (secondary N) is 2. The first kappa shape index (κ1) is 21.2. The second-order valence-corrected chi connectivity index (χ2v) is 8.19. The van der Waals surface area contributed by atoms with Crippen molar-refractivity contribution in [2.75, 3.05) is 19.6 Å². The first-order valence-electron chi connectivity index (χ1n) is 9.51. The van der Waals surface area contributed by atoms with E-state index in [1.807, 2.05) is 4.90 Å². The minimum atomic E-state index is -0.376. The number of carbonyl (C=O) groups excluding carboxylic acids is 2. The lowest BCUT2D eigenvalue weighted by molar-refractivity contribution is -0.137. The standard InChI is InChI=1S/C19H29N3O2S.ClH/c1-2-3-16(21-18(23)5-4-14-6-9-20-12-14)19(24)22-10-7-17-15(13-22)8-11-25-17;/h8,11,14,16,20H,2-7,9-10,12-13H2,1H3,(H,21,23);1H. The molecule has 2 atom stereocenters. The predicted octanol–water partition coefficient (Wildman–Crippen LogP) is 2.73. The van der Waals surface area contributed by atoms with E-state index in [2.05, 4.69) is 29.0 Å². The van der Waals surface area contributed by atoms with Crippen LogP contribution >= 0.6 is 23.7 Å². The van der Waals surface area contributed by atoms with Crippen molar-refractivity contribution in [2.45, 2.75) is 58.0 Å². The van der Waals surface area contributed by atoms with Crippen LogP contribution < -0.4 is 10.6 Å². The van der Waals surface area contributed by atoms with E-state index < -0.39 is 0 Å². The molecule has 26 heavy (non-hydrogen) atoms. The Labute approximate surface area is 166 Å². The molecule has 0 aliphatic carbocycles. The van der Waals surface area contributed by atoms with Crippen LogP contribution in [0.25, 0.3) is 0 Å². The van der Waals surface area contributed by atoms with E-state index in [1.54, 1.807) is 11.3 Å². The summed E-state index contributed by atoms with van der Waals surface area (Å²) >= 11 is 1.77. The van der Waals surface area contributed by atoms with Gasteiger partial charge in [0.15, 0.2) is 0 Å². The fourth-order valence-electron chi connectivity index (χ4n) is 3.77. The van der Waals surface area contributed by atoms with Crippen LogP contribution in [-0.4, -0.2) is 42.4 Å². The zero-order valence-corrected chi connectivity index (χ0v) is 17.1. The molecule has 0 radical (unpaired) electrons. The summed E-state index contributed by atoms with van der Waals surface area (Å²) in [5.74, 6) is 0.701. The Kier molecular flexibility index (Phi) is 8.38. The van der Waals surface area contributed by atoms with Gasteiger partial charge in [0.25, 0.3) is 0 Å². The Hall–Kier alpha value is -1.11. The van der Waals surface area contributed by atoms with Crippen molar-refractivity contribution in [1.29, 1.82) is 0 Å². The van der Waals surface area contributed by atoms with Gasteiger partial charge in [-0.25, -0.2) is 0 Å². The van der Waals surface area contributed by atoms with E-state index in [0.717, 1.165) is 45.3 Å². The van der Waals surface area contributed by atoms with Crippen molar-refractivity contribution in [3.05, 3.63) is 21.9 Å². The zero-order valence-electron chi connectivity index (χ0n) is 15.5. The highest BCUT2D eigenvalue weighted by Gasteiger charge is 2.28. The molecule has 2 aliphatic rings. The second kappa shape index (κ2) is 10.3. The first-order valence-corrected chi connectivity index (χ1v) is 10.4. The quantitative estimate of drug-likeness (QED) is 0.741. The van der Waals surface area contributed by atoms with E-state index in [9.17, 15) is 9.59 Å². The lowest BCUT2D eigenvalue weighted by Gasteiger charge is -2.31. The Bertz CT molecular complexity index is 601. The van der Waals surface area contributed by atoms with Gasteiger partial charge in [0, 0.05) is 24.4 Å². The molecule has 7 heteroatoms. The summed E-state index contributed by atoms with van der Waals surface area (Å²) in [6.45, 7) is 5.58. The fraction of sp³-hybridized carbons (Fsp3) is 0.684. The van der Waals surface area contributed by atoms with Crippen molar-refractivity contribution in [3.8, 4) is 0 Å². The number of fused-ring (bicyclic) bond motifs is 1. The summed E-state index contributed by atoms with van der Waals surface area (Å²) < 4.78 is 0. The van der Waals surface area contributed by atoms with Gasteiger partial charge in [-0.3, -0.25) is 9.59 Å². The van der Waals surface area contributed by atoms with Crippen molar-refractivity contribution < 1.29 is 9.59 Å². The lowest BCUT2D eigenvalue weighted by atomic mass is 10.0. The highest BCUT2D eigenvalue weighted by atomic mass is 35.5. The molecule has 2 amide bonds. The molecule has 1 aromatic heterocycles. The molecule has 1 aromatic rings. The monoisotopic (exact) mass is 399 g/mol. The molecule has 0 saturated carbocycles. The van der Waals surface area contributed by atoms with Gasteiger partial charge < -0.3 is 15.5 Å². The summed E-state index contributed by atoms with van der Waals surface area (Å²) in [5, 5.41) is 8.44. The van der Waals surface area contributed by atoms with Crippen LogP contribution in [0.2, 0.25) is 0 Å². The van der Waals surface area contributed by atoms with Crippen molar-refractivity contribution in [2.24, 2.45) is 5.92 Å². The molecular weight excluding hydrogens is 370 g/mol. The maximum Gasteiger partial charge on any atom is 0.245 e. The topological polar surface area (TPSA) is 61.4 Å². The van der Waals surface area contributed by atoms with E-state index in [1.165, 1.54) is 10.4 Å². The molecule has 0 aromatic carbocycles. The maximum atomic E-state index is 12.9. The average molecular weight is 400 g/mol. The third-order valence-corrected chi connectivity index (χ3v) is 6.30. The number of hydrogen-bond donors (Lipinski definition) is 2. The maximum absolute atomic E-state index is 12.9. The normalized spacial score (nSPS) is 20.2. The van der Waals surface area contributed by atoms with Crippen LogP contribution in [0.4, 0.5) is 0 Å². The minimum absolute atomic E-state index is 0. The van der Waals surface area contributed by atoms with E-state index in [0.29, 0.717) is 25.3 Å². The van der Waals surface area contributed by atoms with Gasteiger partial charge >= 0.3 is 0 Å². The van der Waals surface area contributed by atoms with Crippen molar-refractivity contribution in [3.63, 3.8) is 0 Å². The molecule has 5 nitrogen and oxygen atoms in total. The molecule has 1 fully saturated rings. The molecule has 0 bridgehead atoms. The molecule has 2 aliphatic heterocycles. The lowest BCUT2D eigenvalue weighted by Crippen LogP contribution is -2.49. The van der Waals surface area contributed by atoms with Gasteiger partial charge in [-0.05, 0) is 61.7 Å². The highest BCUT2D eigenvalue weighted by molar-refractivity contribution is 7.10. The average Bonchev–Trinajstić information content (AvgIpc) is 3.29. The minimum Gasteiger partial charge on any atom is -0.344 e. The number of carbonyl (C=O) groups is 2. The van der Waals surface area contributed by atoms with Gasteiger partial charge in [0.05, 0.1) is 0 Å². The van der Waals surface area contributed by atoms with Crippen molar-refractivity contribution in [1.82, 2.24) is 15.5 Å². The van der Waals surface area contributed by atoms with Crippen LogP contribution in [0.3, 0.4) is 0 Å². The van der Waals surface area contributed by atoms with Gasteiger partial charge in [0.2, 0.25) is 11.8 Å². The predicted molar refractivity (Wildman–Crippen MR) is 108 cm³/mol. The third-order valence-electron chi connectivity index (χ3n) is 5.27. The Morgan fingerprint density at radius 1 is 1.46 bits per heavy atom. The summed E-state index contributed by atoms with van der Waals surface area (Å²) in [5.41, 5.74) is 1.26. The second-order valence-electron chi connectivity index (χ2n) is 7.19. The molecule has 0 spiro atoms. The Balaban J connectivity index is 0.00000243. The molecule has 2 unspecified atom stereocenters. The largest absolute Gasteiger partial charge is 0.344 e. The number of rotatable bonds is 7. The zero-order chi connectivity index (χ0) is 17.6. The van der Waals surface area contributed by atoms with Crippen LogP contribution in [0.15, 0.2) is 11.4 Å². The van der Waals surface area contributed by atoms with Crippen LogP contribution in [0.5, 0.6) is 0 Å². The molecule has 1 saturated heterocycles. The summed E-state index contributed by atoms with van der Waals surface area (Å²) in [6, 6.07) is 1.74. The van der Waals surface area contributed by atoms with Gasteiger partial charge in [0.1, 0.15) is 6.04 Å². The van der Waals surface area contributed by atoms with Crippen molar-refractivity contribution >= 4 is 35.6 Å². The number of hydrogen-bond acceptors (Lipinski definition) is 4. The molecule has 3 heterocycles. The smallest absolute Gasteiger partial charge is 0.245 e.